The second-order valence-corrected chi connectivity index (χ2v) is 7.30. The Morgan fingerprint density at radius 2 is 2.12 bits per heavy atom. The fourth-order valence-electron chi connectivity index (χ4n) is 2.98. The van der Waals surface area contributed by atoms with Crippen molar-refractivity contribution in [3.05, 3.63) is 47.2 Å². The van der Waals surface area contributed by atoms with Gasteiger partial charge in [0.25, 0.3) is 11.6 Å². The number of carbonyl (C=O) groups is 3. The number of hydrogen-bond donors (Lipinski definition) is 2. The summed E-state index contributed by atoms with van der Waals surface area (Å²) < 4.78 is 5.85. The first-order valence-electron chi connectivity index (χ1n) is 7.84. The van der Waals surface area contributed by atoms with Gasteiger partial charge in [-0.25, -0.2) is 4.79 Å². The van der Waals surface area contributed by atoms with Gasteiger partial charge in [-0.05, 0) is 18.1 Å². The number of hydrogen-bond acceptors (Lipinski definition) is 5. The van der Waals surface area contributed by atoms with E-state index in [2.05, 4.69) is 5.32 Å². The third kappa shape index (κ3) is 3.08. The number of aliphatic carboxylic acids is 1. The lowest BCUT2D eigenvalue weighted by molar-refractivity contribution is -0.201. The average Bonchev–Trinajstić information content (AvgIpc) is 2.64. The van der Waals surface area contributed by atoms with Crippen LogP contribution in [0.3, 0.4) is 0 Å². The van der Waals surface area contributed by atoms with Crippen LogP contribution in [0.5, 0.6) is 0 Å². The van der Waals surface area contributed by atoms with Gasteiger partial charge >= 0.3 is 5.97 Å². The predicted octanol–water partition coefficient (Wildman–Crippen LogP) is 1.53. The number of carbonyl (C=O) groups excluding carboxylic acids is 2. The molecule has 0 unspecified atom stereocenters. The first kappa shape index (κ1) is 18.8. The number of carboxylic acid groups (broad SMARTS) is 1. The Labute approximate surface area is 159 Å². The number of nitrogens with one attached hydrogen (secondary N) is 1. The van der Waals surface area contributed by atoms with Crippen molar-refractivity contribution in [2.24, 2.45) is 0 Å². The number of β-lactam (4-membered cyclic amide) rings is 1. The highest BCUT2D eigenvalue weighted by atomic mass is 35.5. The zero-order valence-electron chi connectivity index (χ0n) is 13.9. The van der Waals surface area contributed by atoms with Crippen molar-refractivity contribution in [3.63, 3.8) is 0 Å². The van der Waals surface area contributed by atoms with Crippen molar-refractivity contribution >= 4 is 41.1 Å². The second-order valence-electron chi connectivity index (χ2n) is 5.96. The number of alkyl halides is 1. The van der Waals surface area contributed by atoms with E-state index in [9.17, 15) is 19.5 Å². The molecule has 0 aromatic heterocycles. The fraction of sp³-hybridized carbons (Fsp3) is 0.353. The van der Waals surface area contributed by atoms with E-state index in [0.717, 1.165) is 5.56 Å². The third-order valence-corrected chi connectivity index (χ3v) is 5.88. The van der Waals surface area contributed by atoms with Crippen LogP contribution in [-0.4, -0.2) is 50.5 Å². The largest absolute Gasteiger partial charge is 0.477 e. The number of benzene rings is 1. The fourth-order valence-corrected chi connectivity index (χ4v) is 4.40. The maximum absolute atomic E-state index is 12.9. The summed E-state index contributed by atoms with van der Waals surface area (Å²) in [5, 5.41) is 11.3. The molecule has 9 heteroatoms. The number of amides is 2. The van der Waals surface area contributed by atoms with Gasteiger partial charge in [-0.3, -0.25) is 14.5 Å². The molecule has 2 aliphatic heterocycles. The summed E-state index contributed by atoms with van der Waals surface area (Å²) in [5.41, 5.74) is -0.275. The van der Waals surface area contributed by atoms with E-state index in [-0.39, 0.29) is 18.2 Å². The van der Waals surface area contributed by atoms with Gasteiger partial charge < -0.3 is 15.2 Å². The molecule has 1 aromatic rings. The lowest BCUT2D eigenvalue weighted by atomic mass is 9.98. The zero-order valence-corrected chi connectivity index (χ0v) is 15.5. The minimum Gasteiger partial charge on any atom is -0.477 e. The molecule has 3 rings (SSSR count). The smallest absolute Gasteiger partial charge is 0.352 e. The Balaban J connectivity index is 1.89. The molecule has 138 valence electrons. The molecule has 0 bridgehead atoms. The van der Waals surface area contributed by atoms with Crippen LogP contribution in [0.4, 0.5) is 0 Å². The molecule has 2 heterocycles. The first-order chi connectivity index (χ1) is 12.4. The first-order valence-corrected chi connectivity index (χ1v) is 9.42. The molecule has 1 aromatic carbocycles. The van der Waals surface area contributed by atoms with E-state index in [1.807, 2.05) is 30.3 Å². The summed E-state index contributed by atoms with van der Waals surface area (Å²) in [4.78, 5) is 37.5. The van der Waals surface area contributed by atoms with Gasteiger partial charge in [0.2, 0.25) is 5.91 Å². The molecule has 2 N–H and O–H groups in total. The van der Waals surface area contributed by atoms with Gasteiger partial charge in [0.15, 0.2) is 0 Å². The molecule has 1 saturated heterocycles. The zero-order chi connectivity index (χ0) is 18.9. The number of rotatable bonds is 6. The molecule has 7 nitrogen and oxygen atoms in total. The molecule has 0 aliphatic carbocycles. The van der Waals surface area contributed by atoms with Crippen LogP contribution in [0, 0.1) is 0 Å². The van der Waals surface area contributed by atoms with Crippen LogP contribution in [0.2, 0.25) is 0 Å². The van der Waals surface area contributed by atoms with E-state index >= 15 is 0 Å². The quantitative estimate of drug-likeness (QED) is 0.430. The molecule has 2 amide bonds. The van der Waals surface area contributed by atoms with Crippen molar-refractivity contribution in [2.75, 3.05) is 11.6 Å². The van der Waals surface area contributed by atoms with Crippen LogP contribution < -0.4 is 5.32 Å². The lowest BCUT2D eigenvalue weighted by Gasteiger charge is -2.56. The highest BCUT2D eigenvalue weighted by molar-refractivity contribution is 8.00. The molecular weight excluding hydrogens is 380 g/mol. The van der Waals surface area contributed by atoms with E-state index in [1.54, 1.807) is 6.92 Å². The van der Waals surface area contributed by atoms with Crippen LogP contribution in [0.15, 0.2) is 41.6 Å². The Hall–Kier alpha value is -2.03. The summed E-state index contributed by atoms with van der Waals surface area (Å²) in [7, 11) is 0. The van der Waals surface area contributed by atoms with Crippen molar-refractivity contribution in [2.45, 2.75) is 24.6 Å². The van der Waals surface area contributed by atoms with Crippen molar-refractivity contribution < 1.29 is 24.2 Å². The third-order valence-electron chi connectivity index (χ3n) is 4.18. The number of halogens is 1. The van der Waals surface area contributed by atoms with E-state index in [1.165, 1.54) is 16.7 Å². The SMILES string of the molecule is CC1=C(C(=O)O)N2C(=O)[C@](NC(=O)CCl)(OCc3ccccc3)[C@@H]2SC1. The number of ether oxygens (including phenoxy) is 1. The monoisotopic (exact) mass is 396 g/mol. The molecule has 1 fully saturated rings. The van der Waals surface area contributed by atoms with Crippen molar-refractivity contribution in [3.8, 4) is 0 Å². The Kier molecular flexibility index (Phi) is 5.27. The van der Waals surface area contributed by atoms with Crippen LogP contribution in [0.1, 0.15) is 12.5 Å². The Morgan fingerprint density at radius 3 is 2.73 bits per heavy atom. The summed E-state index contributed by atoms with van der Waals surface area (Å²) in [6.07, 6.45) is 0. The predicted molar refractivity (Wildman–Crippen MR) is 96.3 cm³/mol. The normalized spacial score (nSPS) is 24.8. The Morgan fingerprint density at radius 1 is 1.42 bits per heavy atom. The van der Waals surface area contributed by atoms with Crippen molar-refractivity contribution in [1.29, 1.82) is 0 Å². The summed E-state index contributed by atoms with van der Waals surface area (Å²) in [6, 6.07) is 9.19. The van der Waals surface area contributed by atoms with Gasteiger partial charge in [0, 0.05) is 5.75 Å². The standard InChI is InChI=1S/C17H17ClN2O5S/c1-10-9-26-16-17(19-12(21)7-18,15(24)20(16)13(10)14(22)23)25-8-11-5-3-2-4-6-11/h2-6,16H,7-9H2,1H3,(H,19,21)(H,22,23)/t16-,17-/m0/s1. The number of thioether (sulfide) groups is 1. The molecule has 2 aliphatic rings. The van der Waals surface area contributed by atoms with Gasteiger partial charge in [0.1, 0.15) is 17.0 Å². The van der Waals surface area contributed by atoms with E-state index in [4.69, 9.17) is 16.3 Å². The topological polar surface area (TPSA) is 95.9 Å². The highest BCUT2D eigenvalue weighted by Crippen LogP contribution is 2.47. The van der Waals surface area contributed by atoms with Crippen LogP contribution in [-0.2, 0) is 25.7 Å². The maximum atomic E-state index is 12.9. The molecule has 0 saturated carbocycles. The molecular formula is C17H17ClN2O5S. The molecule has 0 spiro atoms. The lowest BCUT2D eigenvalue weighted by Crippen LogP contribution is -2.81. The van der Waals surface area contributed by atoms with Gasteiger partial charge in [0.05, 0.1) is 6.61 Å². The summed E-state index contributed by atoms with van der Waals surface area (Å²) in [6.45, 7) is 1.76. The van der Waals surface area contributed by atoms with Gasteiger partial charge in [-0.15, -0.1) is 23.4 Å². The van der Waals surface area contributed by atoms with Gasteiger partial charge in [-0.1, -0.05) is 30.3 Å². The number of carboxylic acids is 1. The van der Waals surface area contributed by atoms with E-state index in [0.29, 0.717) is 11.3 Å². The molecule has 2 atom stereocenters. The Bertz CT molecular complexity index is 785. The molecule has 0 radical (unpaired) electrons. The second kappa shape index (κ2) is 7.30. The summed E-state index contributed by atoms with van der Waals surface area (Å²) in [5.74, 6) is -2.26. The van der Waals surface area contributed by atoms with Crippen molar-refractivity contribution in [1.82, 2.24) is 10.2 Å². The maximum Gasteiger partial charge on any atom is 0.352 e. The highest BCUT2D eigenvalue weighted by Gasteiger charge is 2.66. The van der Waals surface area contributed by atoms with E-state index < -0.39 is 28.9 Å². The van der Waals surface area contributed by atoms with Crippen LogP contribution in [0.25, 0.3) is 0 Å². The minimum atomic E-state index is -1.63. The number of nitrogens with zero attached hydrogens (tertiary/aromatic N) is 1. The average molecular weight is 397 g/mol. The van der Waals surface area contributed by atoms with Gasteiger partial charge in [-0.2, -0.15) is 0 Å². The molecule has 26 heavy (non-hydrogen) atoms. The van der Waals surface area contributed by atoms with Crippen LogP contribution >= 0.6 is 23.4 Å². The number of fused-ring (bicyclic) bond motifs is 1. The minimum absolute atomic E-state index is 0.0576. The summed E-state index contributed by atoms with van der Waals surface area (Å²) >= 11 is 6.92.